The number of hydrogen-bond donors (Lipinski definition) is 2. The zero-order valence-corrected chi connectivity index (χ0v) is 17.6. The number of carbonyl (C=O) groups is 1. The molecule has 1 aromatic heterocycles. The van der Waals surface area contributed by atoms with Gasteiger partial charge in [-0.3, -0.25) is 4.79 Å². The van der Waals surface area contributed by atoms with Crippen LogP contribution in [0.15, 0.2) is 51.8 Å². The highest BCUT2D eigenvalue weighted by molar-refractivity contribution is 7.89. The maximum absolute atomic E-state index is 13.1. The number of sulfonamides is 1. The van der Waals surface area contributed by atoms with E-state index in [-0.39, 0.29) is 10.8 Å². The second kappa shape index (κ2) is 7.42. The van der Waals surface area contributed by atoms with Gasteiger partial charge >= 0.3 is 0 Å². The van der Waals surface area contributed by atoms with Crippen molar-refractivity contribution in [2.24, 2.45) is 5.92 Å². The molecule has 0 unspecified atom stereocenters. The van der Waals surface area contributed by atoms with Gasteiger partial charge < -0.3 is 9.73 Å². The van der Waals surface area contributed by atoms with Crippen molar-refractivity contribution >= 4 is 37.9 Å². The van der Waals surface area contributed by atoms with Crippen LogP contribution < -0.4 is 10.0 Å². The van der Waals surface area contributed by atoms with E-state index in [0.717, 1.165) is 5.39 Å². The fourth-order valence-electron chi connectivity index (χ4n) is 3.52. The van der Waals surface area contributed by atoms with E-state index in [1.165, 1.54) is 6.07 Å². The van der Waals surface area contributed by atoms with Crippen LogP contribution in [0, 0.1) is 17.2 Å². The van der Waals surface area contributed by atoms with E-state index in [4.69, 9.17) is 4.42 Å². The molecule has 8 heteroatoms. The molecule has 0 radical (unpaired) electrons. The van der Waals surface area contributed by atoms with Gasteiger partial charge in [0.2, 0.25) is 15.9 Å². The van der Waals surface area contributed by atoms with Crippen LogP contribution in [-0.2, 0) is 14.8 Å². The van der Waals surface area contributed by atoms with Gasteiger partial charge in [-0.2, -0.15) is 9.98 Å². The maximum Gasteiger partial charge on any atom is 0.241 e. The molecule has 3 aromatic rings. The lowest BCUT2D eigenvalue weighted by molar-refractivity contribution is -0.123. The first-order valence-electron chi connectivity index (χ1n) is 9.90. The Morgan fingerprint density at radius 3 is 2.53 bits per heavy atom. The summed E-state index contributed by atoms with van der Waals surface area (Å²) in [4.78, 5) is 12.8. The minimum absolute atomic E-state index is 0.0597. The lowest BCUT2D eigenvalue weighted by atomic mass is 10.0. The van der Waals surface area contributed by atoms with Gasteiger partial charge in [-0.25, -0.2) is 8.42 Å². The molecule has 4 rings (SSSR count). The first-order chi connectivity index (χ1) is 14.2. The van der Waals surface area contributed by atoms with Crippen LogP contribution in [0.4, 0.5) is 0 Å². The Hall–Kier alpha value is -2.89. The Balaban J connectivity index is 1.64. The molecule has 1 fully saturated rings. The highest BCUT2D eigenvalue weighted by Crippen LogP contribution is 2.34. The average Bonchev–Trinajstić information content (AvgIpc) is 3.37. The molecule has 0 saturated heterocycles. The fraction of sp³-hybridized carbons (Fsp3) is 0.364. The van der Waals surface area contributed by atoms with Crippen molar-refractivity contribution in [1.29, 1.82) is 5.26 Å². The molecule has 2 aromatic carbocycles. The van der Waals surface area contributed by atoms with Crippen LogP contribution in [-0.4, -0.2) is 25.9 Å². The number of amides is 1. The zero-order chi connectivity index (χ0) is 21.5. The first kappa shape index (κ1) is 20.4. The number of fused-ring (bicyclic) bond motifs is 3. The highest BCUT2D eigenvalue weighted by Gasteiger charge is 2.46. The van der Waals surface area contributed by atoms with Crippen molar-refractivity contribution in [2.75, 3.05) is 0 Å². The van der Waals surface area contributed by atoms with Gasteiger partial charge in [0, 0.05) is 10.8 Å². The second-order valence-corrected chi connectivity index (χ2v) is 9.96. The van der Waals surface area contributed by atoms with E-state index in [1.807, 2.05) is 38.1 Å². The van der Waals surface area contributed by atoms with Crippen molar-refractivity contribution in [1.82, 2.24) is 10.0 Å². The summed E-state index contributed by atoms with van der Waals surface area (Å²) in [5.74, 6) is -0.387. The summed E-state index contributed by atoms with van der Waals surface area (Å²) < 4.78 is 34.5. The number of benzene rings is 2. The predicted molar refractivity (Wildman–Crippen MR) is 113 cm³/mol. The molecular formula is C22H23N3O4S. The third-order valence-corrected chi connectivity index (χ3v) is 6.78. The molecule has 1 saturated carbocycles. The van der Waals surface area contributed by atoms with Crippen molar-refractivity contribution in [2.45, 2.75) is 49.6 Å². The number of hydrogen-bond acceptors (Lipinski definition) is 5. The second-order valence-electron chi connectivity index (χ2n) is 8.24. The summed E-state index contributed by atoms with van der Waals surface area (Å²) in [5.41, 5.74) is 0.418. The lowest BCUT2D eigenvalue weighted by Gasteiger charge is -2.21. The van der Waals surface area contributed by atoms with Gasteiger partial charge in [0.05, 0.1) is 11.0 Å². The van der Waals surface area contributed by atoms with E-state index in [1.54, 1.807) is 12.1 Å². The van der Waals surface area contributed by atoms with Gasteiger partial charge in [0.1, 0.15) is 22.7 Å². The predicted octanol–water partition coefficient (Wildman–Crippen LogP) is 3.45. The molecule has 2 N–H and O–H groups in total. The Morgan fingerprint density at radius 2 is 1.87 bits per heavy atom. The zero-order valence-electron chi connectivity index (χ0n) is 16.8. The number of nitriles is 1. The smallest absolute Gasteiger partial charge is 0.241 e. The minimum atomic E-state index is -3.97. The Kier molecular flexibility index (Phi) is 5.04. The van der Waals surface area contributed by atoms with E-state index >= 15 is 0 Å². The SMILES string of the molecule is CC(C)C[C@H](NS(=O)(=O)c1ccc2oc3ccccc3c2c1)C(=O)NC1(C#N)CC1. The van der Waals surface area contributed by atoms with Gasteiger partial charge in [-0.1, -0.05) is 32.0 Å². The Labute approximate surface area is 175 Å². The van der Waals surface area contributed by atoms with E-state index < -0.39 is 27.5 Å². The summed E-state index contributed by atoms with van der Waals surface area (Å²) in [6, 6.07) is 13.2. The van der Waals surface area contributed by atoms with Crippen molar-refractivity contribution in [3.8, 4) is 6.07 Å². The monoisotopic (exact) mass is 425 g/mol. The summed E-state index contributed by atoms with van der Waals surface area (Å²) >= 11 is 0. The maximum atomic E-state index is 13.1. The van der Waals surface area contributed by atoms with Gasteiger partial charge in [0.15, 0.2) is 0 Å². The number of furan rings is 1. The van der Waals surface area contributed by atoms with Crippen molar-refractivity contribution < 1.29 is 17.6 Å². The Morgan fingerprint density at radius 1 is 1.17 bits per heavy atom. The normalized spacial score (nSPS) is 16.5. The van der Waals surface area contributed by atoms with Crippen LogP contribution in [0.3, 0.4) is 0 Å². The third-order valence-electron chi connectivity index (χ3n) is 5.31. The number of carbonyl (C=O) groups excluding carboxylic acids is 1. The minimum Gasteiger partial charge on any atom is -0.456 e. The van der Waals surface area contributed by atoms with Crippen LogP contribution in [0.25, 0.3) is 21.9 Å². The highest BCUT2D eigenvalue weighted by atomic mass is 32.2. The molecule has 0 bridgehead atoms. The molecule has 1 aliphatic rings. The molecule has 0 spiro atoms. The first-order valence-corrected chi connectivity index (χ1v) is 11.4. The molecule has 0 aliphatic heterocycles. The standard InChI is InChI=1S/C22H23N3O4S/c1-14(2)11-18(21(26)24-22(13-23)9-10-22)25-30(27,28)15-7-8-20-17(12-15)16-5-3-4-6-19(16)29-20/h3-8,12,14,18,25H,9-11H2,1-2H3,(H,24,26)/t18-/m0/s1. The van der Waals surface area contributed by atoms with Gasteiger partial charge in [-0.15, -0.1) is 0 Å². The number of nitrogens with zero attached hydrogens (tertiary/aromatic N) is 1. The largest absolute Gasteiger partial charge is 0.456 e. The summed E-state index contributed by atoms with van der Waals surface area (Å²) in [5, 5.41) is 13.5. The molecule has 1 atom stereocenters. The van der Waals surface area contributed by atoms with Gasteiger partial charge in [0.25, 0.3) is 0 Å². The van der Waals surface area contributed by atoms with Crippen LogP contribution in [0.2, 0.25) is 0 Å². The van der Waals surface area contributed by atoms with Crippen LogP contribution >= 0.6 is 0 Å². The number of rotatable bonds is 7. The van der Waals surface area contributed by atoms with Crippen LogP contribution in [0.1, 0.15) is 33.1 Å². The molecular weight excluding hydrogens is 402 g/mol. The summed E-state index contributed by atoms with van der Waals surface area (Å²) in [7, 11) is -3.97. The fourth-order valence-corrected chi connectivity index (χ4v) is 4.75. The van der Waals surface area contributed by atoms with Crippen LogP contribution in [0.5, 0.6) is 0 Å². The summed E-state index contributed by atoms with van der Waals surface area (Å²) in [6.07, 6.45) is 1.49. The van der Waals surface area contributed by atoms with E-state index in [0.29, 0.717) is 35.8 Å². The summed E-state index contributed by atoms with van der Waals surface area (Å²) in [6.45, 7) is 3.82. The molecule has 1 heterocycles. The topological polar surface area (TPSA) is 112 Å². The molecule has 1 aliphatic carbocycles. The van der Waals surface area contributed by atoms with Crippen molar-refractivity contribution in [3.05, 3.63) is 42.5 Å². The molecule has 156 valence electrons. The molecule has 1 amide bonds. The van der Waals surface area contributed by atoms with E-state index in [9.17, 15) is 18.5 Å². The quantitative estimate of drug-likeness (QED) is 0.602. The van der Waals surface area contributed by atoms with Gasteiger partial charge in [-0.05, 0) is 49.4 Å². The number of nitrogens with one attached hydrogen (secondary N) is 2. The van der Waals surface area contributed by atoms with Crippen molar-refractivity contribution in [3.63, 3.8) is 0 Å². The molecule has 30 heavy (non-hydrogen) atoms. The van der Waals surface area contributed by atoms with E-state index in [2.05, 4.69) is 16.1 Å². The average molecular weight is 426 g/mol. The Bertz CT molecular complexity index is 1270. The molecule has 7 nitrogen and oxygen atoms in total. The third kappa shape index (κ3) is 3.91. The number of para-hydroxylation sites is 1. The lowest BCUT2D eigenvalue weighted by Crippen LogP contribution is -2.50.